The number of nitrogens with zero attached hydrogens (tertiary/aromatic N) is 2. The van der Waals surface area contributed by atoms with Crippen LogP contribution < -0.4 is 16.0 Å². The van der Waals surface area contributed by atoms with Gasteiger partial charge in [0.15, 0.2) is 0 Å². The summed E-state index contributed by atoms with van der Waals surface area (Å²) in [5.41, 5.74) is 6.91. The van der Waals surface area contributed by atoms with Crippen LogP contribution in [0.2, 0.25) is 0 Å². The van der Waals surface area contributed by atoms with Crippen molar-refractivity contribution in [1.82, 2.24) is 4.57 Å². The average molecular weight is 268 g/mol. The van der Waals surface area contributed by atoms with Gasteiger partial charge >= 0.3 is 0 Å². The van der Waals surface area contributed by atoms with E-state index in [1.807, 2.05) is 0 Å². The lowest BCUT2D eigenvalue weighted by Crippen LogP contribution is -2.33. The summed E-state index contributed by atoms with van der Waals surface area (Å²) in [4.78, 5) is 0. The second-order valence-electron chi connectivity index (χ2n) is 4.20. The van der Waals surface area contributed by atoms with Crippen LogP contribution in [0.15, 0.2) is 16.7 Å². The Morgan fingerprint density at radius 1 is 1.67 bits per heavy atom. The fourth-order valence-corrected chi connectivity index (χ4v) is 2.14. The molecular formula is C11H16N4O2S. The van der Waals surface area contributed by atoms with E-state index in [-0.39, 0.29) is 11.4 Å². The molecule has 0 saturated heterocycles. The molecule has 98 valence electrons. The topological polar surface area (TPSA) is 93.5 Å². The lowest BCUT2D eigenvalue weighted by molar-refractivity contribution is 0.407. The van der Waals surface area contributed by atoms with Crippen LogP contribution in [0.5, 0.6) is 5.75 Å². The zero-order chi connectivity index (χ0) is 13.3. The standard InChI is InChI=1S/C11H16N4O2S/c1-17-9-5-10(12)15(11(13)14-18(2)16)6-8(9)7-3-4-7/h5-7,12H,3-4H2,1-2H3,(H2,13,14). The lowest BCUT2D eigenvalue weighted by Gasteiger charge is -2.12. The van der Waals surface area contributed by atoms with Crippen LogP contribution in [0, 0.1) is 5.41 Å². The third kappa shape index (κ3) is 2.61. The Morgan fingerprint density at radius 2 is 2.33 bits per heavy atom. The third-order valence-corrected chi connectivity index (χ3v) is 3.23. The molecule has 0 amide bonds. The molecule has 1 atom stereocenters. The maximum absolute atomic E-state index is 11.0. The van der Waals surface area contributed by atoms with Crippen molar-refractivity contribution in [2.24, 2.45) is 10.1 Å². The average Bonchev–Trinajstić information content (AvgIpc) is 3.11. The number of hydrogen-bond acceptors (Lipinski definition) is 3. The Morgan fingerprint density at radius 3 is 2.83 bits per heavy atom. The normalized spacial score (nSPS) is 17.6. The van der Waals surface area contributed by atoms with Crippen LogP contribution in [-0.2, 0) is 11.0 Å². The third-order valence-electron chi connectivity index (χ3n) is 2.79. The Bertz CT molecular complexity index is 575. The first-order chi connectivity index (χ1) is 8.52. The van der Waals surface area contributed by atoms with Crippen LogP contribution >= 0.6 is 0 Å². The van der Waals surface area contributed by atoms with E-state index in [0.29, 0.717) is 11.7 Å². The molecule has 1 fully saturated rings. The van der Waals surface area contributed by atoms with Crippen molar-refractivity contribution < 1.29 is 8.95 Å². The van der Waals surface area contributed by atoms with Crippen molar-refractivity contribution in [3.8, 4) is 5.75 Å². The molecule has 1 aromatic heterocycles. The first-order valence-electron chi connectivity index (χ1n) is 5.56. The van der Waals surface area contributed by atoms with Crippen LogP contribution in [0.25, 0.3) is 0 Å². The molecule has 7 heteroatoms. The first kappa shape index (κ1) is 12.8. The quantitative estimate of drug-likeness (QED) is 0.610. The molecule has 0 radical (unpaired) electrons. The van der Waals surface area contributed by atoms with Gasteiger partial charge in [-0.05, 0) is 18.8 Å². The zero-order valence-corrected chi connectivity index (χ0v) is 11.2. The number of pyridine rings is 1. The van der Waals surface area contributed by atoms with Crippen LogP contribution in [-0.4, -0.2) is 28.1 Å². The number of ether oxygens (including phenoxy) is 1. The fourth-order valence-electron chi connectivity index (χ4n) is 1.79. The van der Waals surface area contributed by atoms with Crippen LogP contribution in [0.1, 0.15) is 24.3 Å². The highest BCUT2D eigenvalue weighted by Crippen LogP contribution is 2.43. The maximum Gasteiger partial charge on any atom is 0.215 e. The highest BCUT2D eigenvalue weighted by Gasteiger charge is 2.27. The van der Waals surface area contributed by atoms with E-state index in [1.165, 1.54) is 10.8 Å². The number of nitrogens with one attached hydrogen (secondary N) is 1. The van der Waals surface area contributed by atoms with Gasteiger partial charge in [0.25, 0.3) is 0 Å². The van der Waals surface area contributed by atoms with E-state index in [4.69, 9.17) is 15.9 Å². The minimum atomic E-state index is -1.39. The van der Waals surface area contributed by atoms with Gasteiger partial charge in [-0.2, -0.15) is 4.40 Å². The molecule has 1 unspecified atom stereocenters. The Labute approximate surface area is 108 Å². The van der Waals surface area contributed by atoms with E-state index in [1.54, 1.807) is 19.4 Å². The summed E-state index contributed by atoms with van der Waals surface area (Å²) < 4.78 is 21.5. The number of hydrogen-bond donors (Lipinski definition) is 2. The first-order valence-corrected chi connectivity index (χ1v) is 7.07. The summed E-state index contributed by atoms with van der Waals surface area (Å²) in [6, 6.07) is 1.61. The Kier molecular flexibility index (Phi) is 3.51. The summed E-state index contributed by atoms with van der Waals surface area (Å²) in [5.74, 6) is 1.22. The summed E-state index contributed by atoms with van der Waals surface area (Å²) in [7, 11) is 0.201. The molecular weight excluding hydrogens is 252 g/mol. The van der Waals surface area contributed by atoms with E-state index in [2.05, 4.69) is 4.40 Å². The molecule has 0 aliphatic heterocycles. The second kappa shape index (κ2) is 4.93. The molecule has 1 saturated carbocycles. The van der Waals surface area contributed by atoms with Gasteiger partial charge < -0.3 is 10.5 Å². The predicted octanol–water partition coefficient (Wildman–Crippen LogP) is 0.310. The van der Waals surface area contributed by atoms with E-state index in [0.717, 1.165) is 18.4 Å². The van der Waals surface area contributed by atoms with Crippen molar-refractivity contribution in [2.45, 2.75) is 18.8 Å². The molecule has 1 heterocycles. The minimum Gasteiger partial charge on any atom is -0.496 e. The van der Waals surface area contributed by atoms with Gasteiger partial charge in [0.2, 0.25) is 5.96 Å². The monoisotopic (exact) mass is 268 g/mol. The largest absolute Gasteiger partial charge is 0.496 e. The minimum absolute atomic E-state index is 0.0605. The maximum atomic E-state index is 11.0. The number of rotatable bonds is 3. The van der Waals surface area contributed by atoms with Crippen LogP contribution in [0.4, 0.5) is 0 Å². The van der Waals surface area contributed by atoms with Gasteiger partial charge in [-0.3, -0.25) is 9.98 Å². The molecule has 1 aliphatic rings. The molecule has 1 aromatic rings. The highest BCUT2D eigenvalue weighted by atomic mass is 32.2. The molecule has 0 bridgehead atoms. The number of methoxy groups -OCH3 is 1. The molecule has 18 heavy (non-hydrogen) atoms. The van der Waals surface area contributed by atoms with Gasteiger partial charge in [0, 0.05) is 24.1 Å². The number of nitrogens with two attached hydrogens (primary N) is 1. The van der Waals surface area contributed by atoms with Crippen molar-refractivity contribution in [1.29, 1.82) is 5.41 Å². The second-order valence-corrected chi connectivity index (χ2v) is 5.23. The summed E-state index contributed by atoms with van der Waals surface area (Å²) in [6.07, 6.45) is 5.42. The molecule has 2 rings (SSSR count). The van der Waals surface area contributed by atoms with Gasteiger partial charge in [-0.15, -0.1) is 0 Å². The number of aromatic nitrogens is 1. The molecule has 1 aliphatic carbocycles. The van der Waals surface area contributed by atoms with Gasteiger partial charge in [0.05, 0.1) is 7.11 Å². The molecule has 0 aromatic carbocycles. The Hall–Kier alpha value is -1.63. The summed E-state index contributed by atoms with van der Waals surface area (Å²) >= 11 is 0. The highest BCUT2D eigenvalue weighted by molar-refractivity contribution is 7.83. The van der Waals surface area contributed by atoms with Gasteiger partial charge in [0.1, 0.15) is 22.2 Å². The van der Waals surface area contributed by atoms with E-state index < -0.39 is 11.0 Å². The molecule has 6 nitrogen and oxygen atoms in total. The zero-order valence-electron chi connectivity index (χ0n) is 10.3. The van der Waals surface area contributed by atoms with Crippen molar-refractivity contribution >= 4 is 16.9 Å². The molecule has 0 spiro atoms. The van der Waals surface area contributed by atoms with E-state index >= 15 is 0 Å². The lowest BCUT2D eigenvalue weighted by atomic mass is 10.1. The fraction of sp³-hybridized carbons (Fsp3) is 0.455. The Balaban J connectivity index is 2.51. The van der Waals surface area contributed by atoms with E-state index in [9.17, 15) is 4.21 Å². The van der Waals surface area contributed by atoms with Crippen molar-refractivity contribution in [3.05, 3.63) is 23.3 Å². The van der Waals surface area contributed by atoms with Gasteiger partial charge in [-0.1, -0.05) is 0 Å². The van der Waals surface area contributed by atoms with Crippen LogP contribution in [0.3, 0.4) is 0 Å². The predicted molar refractivity (Wildman–Crippen MR) is 69.9 cm³/mol. The summed E-state index contributed by atoms with van der Waals surface area (Å²) in [5, 5.41) is 7.87. The molecule has 3 N–H and O–H groups in total. The van der Waals surface area contributed by atoms with Gasteiger partial charge in [-0.25, -0.2) is 4.21 Å². The smallest absolute Gasteiger partial charge is 0.215 e. The SMILES string of the molecule is COc1cc(=N)n(/C(N)=N/S(C)=O)cc1C1CC1. The summed E-state index contributed by atoms with van der Waals surface area (Å²) in [6.45, 7) is 0. The van der Waals surface area contributed by atoms with Crippen molar-refractivity contribution in [2.75, 3.05) is 13.4 Å². The van der Waals surface area contributed by atoms with Crippen molar-refractivity contribution in [3.63, 3.8) is 0 Å².